The van der Waals surface area contributed by atoms with Gasteiger partial charge in [-0.2, -0.15) is 0 Å². The van der Waals surface area contributed by atoms with Gasteiger partial charge in [0, 0.05) is 33.5 Å². The molecule has 0 saturated heterocycles. The Balaban J connectivity index is 1.41. The molecule has 5 aromatic carbocycles. The first-order valence-electron chi connectivity index (χ1n) is 14.0. The van der Waals surface area contributed by atoms with E-state index in [1.54, 1.807) is 0 Å². The highest BCUT2D eigenvalue weighted by Crippen LogP contribution is 2.48. The number of nitrogens with zero attached hydrogens (tertiary/aromatic N) is 2. The minimum absolute atomic E-state index is 0.147. The maximum atomic E-state index is 6.71. The van der Waals surface area contributed by atoms with Crippen LogP contribution in [-0.2, 0) is 0 Å². The predicted molar refractivity (Wildman–Crippen MR) is 167 cm³/mol. The molecule has 0 fully saturated rings. The standard InChI is InChI=1S/C36H25BN2O/c1-3-12-24(13-4-1)38-30-18-9-8-17-28(30)37-29-23-22-27-26-16-7-10-21-33(26)40-36(27)35(29)39(25-14-5-2-6-15-25)32-20-11-19-31(38)34(32)37/h1-19,21-23,32H,20H2. The van der Waals surface area contributed by atoms with E-state index in [-0.39, 0.29) is 12.8 Å². The highest BCUT2D eigenvalue weighted by molar-refractivity contribution is 6.94. The molecule has 40 heavy (non-hydrogen) atoms. The average molecular weight is 512 g/mol. The Hall–Kier alpha value is -4.96. The van der Waals surface area contributed by atoms with E-state index in [9.17, 15) is 0 Å². The molecule has 1 unspecified atom stereocenters. The second kappa shape index (κ2) is 8.27. The first-order chi connectivity index (χ1) is 19.9. The summed E-state index contributed by atoms with van der Waals surface area (Å²) in [6, 6.07) is 43.7. The van der Waals surface area contributed by atoms with Gasteiger partial charge >= 0.3 is 0 Å². The Morgan fingerprint density at radius 1 is 0.650 bits per heavy atom. The molecule has 2 aliphatic heterocycles. The first kappa shape index (κ1) is 21.9. The van der Waals surface area contributed by atoms with Gasteiger partial charge in [-0.1, -0.05) is 91.0 Å². The van der Waals surface area contributed by atoms with Crippen molar-refractivity contribution in [2.24, 2.45) is 0 Å². The van der Waals surface area contributed by atoms with Crippen molar-refractivity contribution in [2.75, 3.05) is 9.80 Å². The number of anilines is 4. The molecule has 188 valence electrons. The molecule has 1 aliphatic carbocycles. The van der Waals surface area contributed by atoms with Crippen LogP contribution in [0.2, 0.25) is 0 Å². The molecule has 3 aliphatic rings. The summed E-state index contributed by atoms with van der Waals surface area (Å²) < 4.78 is 6.71. The minimum Gasteiger partial charge on any atom is -0.454 e. The molecule has 1 aromatic heterocycles. The zero-order valence-electron chi connectivity index (χ0n) is 21.9. The molecular formula is C36H25BN2O. The lowest BCUT2D eigenvalue weighted by atomic mass is 9.31. The molecule has 4 heteroatoms. The molecule has 3 heterocycles. The monoisotopic (exact) mass is 512 g/mol. The maximum Gasteiger partial charge on any atom is 0.247 e. The van der Waals surface area contributed by atoms with Crippen molar-refractivity contribution in [2.45, 2.75) is 12.5 Å². The van der Waals surface area contributed by atoms with E-state index in [2.05, 4.69) is 143 Å². The summed E-state index contributed by atoms with van der Waals surface area (Å²) >= 11 is 0. The number of para-hydroxylation sites is 4. The van der Waals surface area contributed by atoms with Crippen LogP contribution in [0.1, 0.15) is 6.42 Å². The van der Waals surface area contributed by atoms with Gasteiger partial charge in [0.1, 0.15) is 5.58 Å². The fourth-order valence-electron chi connectivity index (χ4n) is 7.24. The molecule has 6 aromatic rings. The highest BCUT2D eigenvalue weighted by Gasteiger charge is 2.48. The molecule has 0 amide bonds. The SMILES string of the molecule is C1=CC2=C3B(c4ccccc4N2c2ccccc2)c2ccc4c(oc5ccccc54)c2N(c2ccccc2)C3C1. The largest absolute Gasteiger partial charge is 0.454 e. The van der Waals surface area contributed by atoms with Crippen LogP contribution in [0.3, 0.4) is 0 Å². The van der Waals surface area contributed by atoms with E-state index in [0.29, 0.717) is 0 Å². The molecule has 1 atom stereocenters. The number of rotatable bonds is 2. The van der Waals surface area contributed by atoms with Crippen molar-refractivity contribution in [3.8, 4) is 0 Å². The van der Waals surface area contributed by atoms with Crippen LogP contribution >= 0.6 is 0 Å². The van der Waals surface area contributed by atoms with Crippen molar-refractivity contribution in [3.05, 3.63) is 145 Å². The van der Waals surface area contributed by atoms with E-state index in [1.807, 2.05) is 0 Å². The third kappa shape index (κ3) is 2.91. The van der Waals surface area contributed by atoms with Crippen LogP contribution in [0.5, 0.6) is 0 Å². The minimum atomic E-state index is 0.147. The quantitative estimate of drug-likeness (QED) is 0.223. The third-order valence-electron chi connectivity index (χ3n) is 8.79. The number of benzene rings is 5. The smallest absolute Gasteiger partial charge is 0.247 e. The molecule has 9 rings (SSSR count). The van der Waals surface area contributed by atoms with Crippen molar-refractivity contribution in [1.82, 2.24) is 0 Å². The second-order valence-electron chi connectivity index (χ2n) is 10.8. The lowest BCUT2D eigenvalue weighted by molar-refractivity contribution is 0.662. The van der Waals surface area contributed by atoms with Gasteiger partial charge in [0.15, 0.2) is 5.58 Å². The third-order valence-corrected chi connectivity index (χ3v) is 8.79. The van der Waals surface area contributed by atoms with Gasteiger partial charge in [-0.15, -0.1) is 0 Å². The van der Waals surface area contributed by atoms with Crippen molar-refractivity contribution in [3.63, 3.8) is 0 Å². The van der Waals surface area contributed by atoms with E-state index in [1.165, 1.54) is 50.2 Å². The van der Waals surface area contributed by atoms with Gasteiger partial charge in [-0.3, -0.25) is 0 Å². The molecule has 0 radical (unpaired) electrons. The van der Waals surface area contributed by atoms with Gasteiger partial charge in [-0.05, 0) is 65.3 Å². The van der Waals surface area contributed by atoms with Crippen LogP contribution in [0, 0.1) is 0 Å². The van der Waals surface area contributed by atoms with E-state index in [0.717, 1.165) is 23.0 Å². The molecule has 3 nitrogen and oxygen atoms in total. The molecular weight excluding hydrogens is 487 g/mol. The zero-order chi connectivity index (χ0) is 26.2. The van der Waals surface area contributed by atoms with Crippen LogP contribution in [-0.4, -0.2) is 12.8 Å². The van der Waals surface area contributed by atoms with E-state index < -0.39 is 0 Å². The fraction of sp³-hybridized carbons (Fsp3) is 0.0556. The van der Waals surface area contributed by atoms with Crippen molar-refractivity contribution < 1.29 is 4.42 Å². The number of fused-ring (bicyclic) bond motifs is 8. The summed E-state index contributed by atoms with van der Waals surface area (Å²) in [5.74, 6) is 0. The Morgan fingerprint density at radius 2 is 1.38 bits per heavy atom. The molecule has 0 spiro atoms. The van der Waals surface area contributed by atoms with E-state index in [4.69, 9.17) is 4.42 Å². The zero-order valence-corrected chi connectivity index (χ0v) is 21.9. The number of furan rings is 1. The summed E-state index contributed by atoms with van der Waals surface area (Å²) in [6.07, 6.45) is 5.63. The van der Waals surface area contributed by atoms with Gasteiger partial charge in [-0.25, -0.2) is 0 Å². The van der Waals surface area contributed by atoms with Gasteiger partial charge in [0.2, 0.25) is 6.71 Å². The van der Waals surface area contributed by atoms with Crippen molar-refractivity contribution >= 4 is 62.3 Å². The number of hydrogen-bond acceptors (Lipinski definition) is 3. The summed E-state index contributed by atoms with van der Waals surface area (Å²) in [5.41, 5.74) is 12.1. The first-order valence-corrected chi connectivity index (χ1v) is 14.0. The Kier molecular flexibility index (Phi) is 4.53. The van der Waals surface area contributed by atoms with Gasteiger partial charge in [0.05, 0.1) is 11.7 Å². The summed E-state index contributed by atoms with van der Waals surface area (Å²) in [7, 11) is 0. The fourth-order valence-corrected chi connectivity index (χ4v) is 7.24. The normalized spacial score (nSPS) is 17.3. The van der Waals surface area contributed by atoms with Crippen LogP contribution in [0.15, 0.2) is 149 Å². The van der Waals surface area contributed by atoms with Crippen molar-refractivity contribution in [1.29, 1.82) is 0 Å². The lowest BCUT2D eigenvalue weighted by Gasteiger charge is -2.49. The Labute approximate surface area is 233 Å². The highest BCUT2D eigenvalue weighted by atomic mass is 16.3. The Morgan fingerprint density at radius 3 is 2.23 bits per heavy atom. The lowest BCUT2D eigenvalue weighted by Crippen LogP contribution is -2.61. The van der Waals surface area contributed by atoms with E-state index >= 15 is 0 Å². The number of hydrogen-bond donors (Lipinski definition) is 0. The molecule has 0 saturated carbocycles. The van der Waals surface area contributed by atoms with Crippen LogP contribution in [0.25, 0.3) is 21.9 Å². The van der Waals surface area contributed by atoms with Crippen LogP contribution in [0.4, 0.5) is 22.7 Å². The summed E-state index contributed by atoms with van der Waals surface area (Å²) in [4.78, 5) is 5.00. The number of allylic oxidation sites excluding steroid dienone is 1. The second-order valence-corrected chi connectivity index (χ2v) is 10.8. The Bertz CT molecular complexity index is 2010. The summed E-state index contributed by atoms with van der Waals surface area (Å²) in [6.45, 7) is 0.147. The average Bonchev–Trinajstić information content (AvgIpc) is 3.41. The summed E-state index contributed by atoms with van der Waals surface area (Å²) in [5, 5.41) is 2.34. The van der Waals surface area contributed by atoms with Gasteiger partial charge < -0.3 is 14.2 Å². The maximum absolute atomic E-state index is 6.71. The topological polar surface area (TPSA) is 19.6 Å². The van der Waals surface area contributed by atoms with Crippen LogP contribution < -0.4 is 20.7 Å². The van der Waals surface area contributed by atoms with Gasteiger partial charge in [0.25, 0.3) is 0 Å². The molecule has 0 bridgehead atoms. The predicted octanol–water partition coefficient (Wildman–Crippen LogP) is 7.62. The molecule has 0 N–H and O–H groups in total.